The fraction of sp³-hybridized carbons (Fsp3) is 0.571. The first kappa shape index (κ1) is 19.3. The van der Waals surface area contributed by atoms with Crippen LogP contribution in [0.2, 0.25) is 0 Å². The summed E-state index contributed by atoms with van der Waals surface area (Å²) >= 11 is 1.62. The van der Waals surface area contributed by atoms with Gasteiger partial charge in [-0.1, -0.05) is 31.5 Å². The predicted molar refractivity (Wildman–Crippen MR) is 109 cm³/mol. The molecule has 1 fully saturated rings. The highest BCUT2D eigenvalue weighted by atomic mass is 32.1. The first-order valence-corrected chi connectivity index (χ1v) is 10.6. The summed E-state index contributed by atoms with van der Waals surface area (Å²) in [5.41, 5.74) is 1.23. The summed E-state index contributed by atoms with van der Waals surface area (Å²) in [4.78, 5) is 16.3. The van der Waals surface area contributed by atoms with E-state index in [0.717, 1.165) is 17.8 Å². The molecule has 1 N–H and O–H groups in total. The van der Waals surface area contributed by atoms with E-state index >= 15 is 0 Å². The first-order valence-electron chi connectivity index (χ1n) is 9.76. The third-order valence-electron chi connectivity index (χ3n) is 5.20. The van der Waals surface area contributed by atoms with Gasteiger partial charge in [-0.2, -0.15) is 0 Å². The van der Waals surface area contributed by atoms with Gasteiger partial charge in [0.05, 0.1) is 11.5 Å². The minimum absolute atomic E-state index is 0.0381. The summed E-state index contributed by atoms with van der Waals surface area (Å²) in [5.74, 6) is 0.0381. The minimum Gasteiger partial charge on any atom is -0.383 e. The van der Waals surface area contributed by atoms with E-state index in [1.807, 2.05) is 0 Å². The molecule has 0 aliphatic carbocycles. The smallest absolute Gasteiger partial charge is 0.261 e. The molecule has 0 saturated carbocycles. The van der Waals surface area contributed by atoms with Gasteiger partial charge in [0.1, 0.15) is 0 Å². The van der Waals surface area contributed by atoms with Crippen LogP contribution in [-0.2, 0) is 11.2 Å². The zero-order valence-electron chi connectivity index (χ0n) is 15.9. The van der Waals surface area contributed by atoms with Gasteiger partial charge in [-0.3, -0.25) is 4.79 Å². The van der Waals surface area contributed by atoms with Crippen molar-refractivity contribution in [1.82, 2.24) is 10.2 Å². The molecule has 3 rings (SSSR count). The third kappa shape index (κ3) is 4.45. The zero-order valence-corrected chi connectivity index (χ0v) is 16.7. The van der Waals surface area contributed by atoms with E-state index < -0.39 is 0 Å². The maximum Gasteiger partial charge on any atom is 0.261 e. The van der Waals surface area contributed by atoms with E-state index in [4.69, 9.17) is 4.74 Å². The molecule has 1 atom stereocenters. The molecule has 0 unspecified atom stereocenters. The van der Waals surface area contributed by atoms with Gasteiger partial charge in [0.25, 0.3) is 5.91 Å². The number of ether oxygens (including phenoxy) is 1. The van der Waals surface area contributed by atoms with Gasteiger partial charge >= 0.3 is 0 Å². The molecule has 1 saturated heterocycles. The van der Waals surface area contributed by atoms with Crippen LogP contribution in [0.5, 0.6) is 0 Å². The van der Waals surface area contributed by atoms with Crippen molar-refractivity contribution in [3.05, 3.63) is 34.7 Å². The fourth-order valence-corrected chi connectivity index (χ4v) is 5.09. The van der Waals surface area contributed by atoms with Crippen molar-refractivity contribution in [3.63, 3.8) is 0 Å². The largest absolute Gasteiger partial charge is 0.383 e. The highest BCUT2D eigenvalue weighted by molar-refractivity contribution is 7.21. The molecule has 26 heavy (non-hydrogen) atoms. The number of thiophene rings is 1. The van der Waals surface area contributed by atoms with Crippen molar-refractivity contribution in [2.24, 2.45) is 0 Å². The molecule has 5 heteroatoms. The molecule has 1 aliphatic rings. The highest BCUT2D eigenvalue weighted by Crippen LogP contribution is 2.34. The summed E-state index contributed by atoms with van der Waals surface area (Å²) < 4.78 is 6.27. The summed E-state index contributed by atoms with van der Waals surface area (Å²) in [7, 11) is 1.66. The number of hydrogen-bond donors (Lipinski definition) is 1. The maximum absolute atomic E-state index is 12.8. The molecular weight excluding hydrogens is 344 g/mol. The zero-order chi connectivity index (χ0) is 18.4. The van der Waals surface area contributed by atoms with Crippen LogP contribution < -0.4 is 5.32 Å². The molecule has 142 valence electrons. The third-order valence-corrected chi connectivity index (χ3v) is 6.41. The number of hydrogen-bond acceptors (Lipinski definition) is 4. The van der Waals surface area contributed by atoms with Crippen LogP contribution in [-0.4, -0.2) is 50.2 Å². The maximum atomic E-state index is 12.8. The Bertz CT molecular complexity index is 726. The van der Waals surface area contributed by atoms with Gasteiger partial charge in [0.2, 0.25) is 0 Å². The predicted octanol–water partition coefficient (Wildman–Crippen LogP) is 4.08. The number of methoxy groups -OCH3 is 1. The van der Waals surface area contributed by atoms with E-state index in [1.165, 1.54) is 47.9 Å². The van der Waals surface area contributed by atoms with Gasteiger partial charge in [-0.05, 0) is 55.8 Å². The number of benzene rings is 1. The Balaban J connectivity index is 1.87. The van der Waals surface area contributed by atoms with Crippen molar-refractivity contribution >= 4 is 27.3 Å². The van der Waals surface area contributed by atoms with Gasteiger partial charge in [0, 0.05) is 24.4 Å². The Morgan fingerprint density at radius 2 is 2.19 bits per heavy atom. The molecule has 1 aromatic heterocycles. The Morgan fingerprint density at radius 3 is 3.00 bits per heavy atom. The Hall–Kier alpha value is -1.43. The molecule has 0 spiro atoms. The number of likely N-dealkylation sites (tertiary alicyclic amines) is 1. The highest BCUT2D eigenvalue weighted by Gasteiger charge is 2.26. The summed E-state index contributed by atoms with van der Waals surface area (Å²) in [6, 6.07) is 8.97. The van der Waals surface area contributed by atoms with Crippen LogP contribution in [0.3, 0.4) is 0 Å². The lowest BCUT2D eigenvalue weighted by Crippen LogP contribution is -2.41. The van der Waals surface area contributed by atoms with Gasteiger partial charge in [0.15, 0.2) is 0 Å². The van der Waals surface area contributed by atoms with Crippen LogP contribution in [0.4, 0.5) is 0 Å². The first-order chi connectivity index (χ1) is 12.7. The number of nitrogens with zero attached hydrogens (tertiary/aromatic N) is 1. The average Bonchev–Trinajstić information content (AvgIpc) is 3.02. The van der Waals surface area contributed by atoms with Crippen molar-refractivity contribution in [2.75, 3.05) is 33.4 Å². The second-order valence-electron chi connectivity index (χ2n) is 7.04. The summed E-state index contributed by atoms with van der Waals surface area (Å²) in [5, 5.41) is 4.25. The number of nitrogens with one attached hydrogen (secondary N) is 1. The Labute approximate surface area is 160 Å². The quantitative estimate of drug-likeness (QED) is 0.708. The summed E-state index contributed by atoms with van der Waals surface area (Å²) in [6.07, 6.45) is 5.98. The lowest BCUT2D eigenvalue weighted by atomic mass is 9.94. The van der Waals surface area contributed by atoms with Gasteiger partial charge in [-0.15, -0.1) is 11.3 Å². The lowest BCUT2D eigenvalue weighted by molar-refractivity contribution is 0.0939. The minimum atomic E-state index is 0.0381. The van der Waals surface area contributed by atoms with Crippen LogP contribution >= 0.6 is 11.3 Å². The molecule has 2 aromatic rings. The van der Waals surface area contributed by atoms with Crippen molar-refractivity contribution < 1.29 is 9.53 Å². The number of rotatable bonds is 8. The Morgan fingerprint density at radius 1 is 1.35 bits per heavy atom. The molecular formula is C21H30N2O2S. The van der Waals surface area contributed by atoms with Crippen LogP contribution in [0.25, 0.3) is 10.1 Å². The average molecular weight is 375 g/mol. The van der Waals surface area contributed by atoms with E-state index in [9.17, 15) is 4.79 Å². The standard InChI is InChI=1S/C21H30N2O2S/c1-3-12-23-13-7-6-8-16(23)15-18-17-9-4-5-10-19(17)26-20(18)21(24)22-11-14-25-2/h4-5,9-10,16H,3,6-8,11-15H2,1-2H3,(H,22,24)/t16-/m1/s1. The number of fused-ring (bicyclic) bond motifs is 1. The molecule has 2 heterocycles. The second kappa shape index (κ2) is 9.49. The van der Waals surface area contributed by atoms with E-state index in [2.05, 4.69) is 41.4 Å². The van der Waals surface area contributed by atoms with Crippen LogP contribution in [0.1, 0.15) is 47.8 Å². The van der Waals surface area contributed by atoms with Crippen molar-refractivity contribution in [2.45, 2.75) is 45.1 Å². The monoisotopic (exact) mass is 374 g/mol. The lowest BCUT2D eigenvalue weighted by Gasteiger charge is -2.35. The topological polar surface area (TPSA) is 41.6 Å². The summed E-state index contributed by atoms with van der Waals surface area (Å²) in [6.45, 7) is 5.69. The molecule has 1 aromatic carbocycles. The molecule has 1 aliphatic heterocycles. The van der Waals surface area contributed by atoms with Gasteiger partial charge < -0.3 is 15.0 Å². The number of amides is 1. The molecule has 1 amide bonds. The van der Waals surface area contributed by atoms with Crippen molar-refractivity contribution in [1.29, 1.82) is 0 Å². The van der Waals surface area contributed by atoms with E-state index in [-0.39, 0.29) is 5.91 Å². The molecule has 0 radical (unpaired) electrons. The fourth-order valence-electron chi connectivity index (χ4n) is 3.94. The number of carbonyl (C=O) groups excluding carboxylic acids is 1. The Kier molecular flexibility index (Phi) is 7.06. The van der Waals surface area contributed by atoms with E-state index in [1.54, 1.807) is 18.4 Å². The SMILES string of the molecule is CCCN1CCCC[C@@H]1Cc1c(C(=O)NCCOC)sc2ccccc12. The van der Waals surface area contributed by atoms with Crippen LogP contribution in [0.15, 0.2) is 24.3 Å². The second-order valence-corrected chi connectivity index (χ2v) is 8.10. The van der Waals surface area contributed by atoms with E-state index in [0.29, 0.717) is 19.2 Å². The van der Waals surface area contributed by atoms with Crippen LogP contribution in [0, 0.1) is 0 Å². The van der Waals surface area contributed by atoms with Crippen molar-refractivity contribution in [3.8, 4) is 0 Å². The molecule has 4 nitrogen and oxygen atoms in total. The normalized spacial score (nSPS) is 18.3. The molecule has 0 bridgehead atoms. The van der Waals surface area contributed by atoms with Gasteiger partial charge in [-0.25, -0.2) is 0 Å². The number of piperidine rings is 1. The number of carbonyl (C=O) groups is 1.